The smallest absolute Gasteiger partial charge is 0.159 e. The van der Waals surface area contributed by atoms with Crippen LogP contribution in [0.5, 0.6) is 0 Å². The van der Waals surface area contributed by atoms with Crippen LogP contribution >= 0.6 is 0 Å². The average molecular weight is 338 g/mol. The first-order valence-electron chi connectivity index (χ1n) is 8.93. The van der Waals surface area contributed by atoms with Gasteiger partial charge < -0.3 is 5.32 Å². The van der Waals surface area contributed by atoms with Gasteiger partial charge >= 0.3 is 0 Å². The second-order valence-electron chi connectivity index (χ2n) is 7.24. The molecule has 0 radical (unpaired) electrons. The third-order valence-electron chi connectivity index (χ3n) is 5.44. The van der Waals surface area contributed by atoms with Crippen LogP contribution in [0.3, 0.4) is 0 Å². The van der Waals surface area contributed by atoms with Gasteiger partial charge in [0.15, 0.2) is 11.6 Å². The summed E-state index contributed by atoms with van der Waals surface area (Å²) < 4.78 is 26.3. The number of likely N-dealkylation sites (tertiary alicyclic amines) is 1. The summed E-state index contributed by atoms with van der Waals surface area (Å²) in [5.74, 6) is -0.933. The fourth-order valence-corrected chi connectivity index (χ4v) is 3.76. The minimum Gasteiger partial charge on any atom is -0.313 e. The third-order valence-corrected chi connectivity index (χ3v) is 5.44. The number of nitrogens with one attached hydrogen (secondary N) is 3. The summed E-state index contributed by atoms with van der Waals surface area (Å²) >= 11 is 0. The molecule has 2 aliphatic rings. The summed E-state index contributed by atoms with van der Waals surface area (Å²) in [7, 11) is 0. The summed E-state index contributed by atoms with van der Waals surface area (Å²) in [6.45, 7) is 8.12. The lowest BCUT2D eigenvalue weighted by Crippen LogP contribution is -2.45. The van der Waals surface area contributed by atoms with Gasteiger partial charge in [0.05, 0.1) is 0 Å². The van der Waals surface area contributed by atoms with Gasteiger partial charge in [-0.1, -0.05) is 6.07 Å². The van der Waals surface area contributed by atoms with Gasteiger partial charge in [-0.25, -0.2) is 8.78 Å². The van der Waals surface area contributed by atoms with Gasteiger partial charge in [-0.2, -0.15) is 0 Å². The van der Waals surface area contributed by atoms with E-state index >= 15 is 0 Å². The molecule has 1 aromatic rings. The van der Waals surface area contributed by atoms with Crippen LogP contribution in [-0.2, 0) is 6.54 Å². The standard InChI is InChI=1S/C18H28F2N4/c1-12-16(13(2)23-22-12)10-21-15-5-7-24(8-6-15)11-14-3-4-17(19)18(20)9-14/h3-4,9,12-13,15-16,21-23H,5-8,10-11H2,1-2H3. The Morgan fingerprint density at radius 2 is 1.75 bits per heavy atom. The van der Waals surface area contributed by atoms with Crippen LogP contribution in [0.2, 0.25) is 0 Å². The summed E-state index contributed by atoms with van der Waals surface area (Å²) in [5.41, 5.74) is 7.43. The van der Waals surface area contributed by atoms with Crippen molar-refractivity contribution in [3.8, 4) is 0 Å². The van der Waals surface area contributed by atoms with Crippen LogP contribution in [0, 0.1) is 17.6 Å². The third kappa shape index (κ3) is 4.30. The predicted molar refractivity (Wildman–Crippen MR) is 91.3 cm³/mol. The molecule has 0 aliphatic carbocycles. The zero-order valence-corrected chi connectivity index (χ0v) is 14.5. The average Bonchev–Trinajstić information content (AvgIpc) is 2.89. The first-order chi connectivity index (χ1) is 11.5. The van der Waals surface area contributed by atoms with Gasteiger partial charge in [0, 0.05) is 37.1 Å². The zero-order valence-electron chi connectivity index (χ0n) is 14.5. The van der Waals surface area contributed by atoms with E-state index in [1.807, 2.05) is 0 Å². The van der Waals surface area contributed by atoms with Gasteiger partial charge in [-0.3, -0.25) is 15.8 Å². The Balaban J connectivity index is 1.41. The van der Waals surface area contributed by atoms with Crippen LogP contribution in [0.4, 0.5) is 8.78 Å². The van der Waals surface area contributed by atoms with Crippen molar-refractivity contribution in [1.29, 1.82) is 0 Å². The Labute approximate surface area is 143 Å². The fourth-order valence-electron chi connectivity index (χ4n) is 3.76. The molecule has 0 aromatic heterocycles. The van der Waals surface area contributed by atoms with Crippen LogP contribution in [-0.4, -0.2) is 42.7 Å². The predicted octanol–water partition coefficient (Wildman–Crippen LogP) is 2.02. The van der Waals surface area contributed by atoms with E-state index in [1.54, 1.807) is 6.07 Å². The molecule has 2 unspecified atom stereocenters. The van der Waals surface area contributed by atoms with Crippen molar-refractivity contribution in [3.05, 3.63) is 35.4 Å². The highest BCUT2D eigenvalue weighted by Crippen LogP contribution is 2.18. The fraction of sp³-hybridized carbons (Fsp3) is 0.667. The molecule has 1 aromatic carbocycles. The van der Waals surface area contributed by atoms with Gasteiger partial charge in [-0.05, 0) is 57.5 Å². The number of hydrogen-bond acceptors (Lipinski definition) is 4. The molecule has 134 valence electrons. The van der Waals surface area contributed by atoms with Crippen molar-refractivity contribution < 1.29 is 8.78 Å². The Kier molecular flexibility index (Phi) is 5.81. The number of benzene rings is 1. The molecule has 2 heterocycles. The van der Waals surface area contributed by atoms with E-state index < -0.39 is 11.6 Å². The highest BCUT2D eigenvalue weighted by Gasteiger charge is 2.30. The molecule has 2 aliphatic heterocycles. The molecule has 2 fully saturated rings. The molecular weight excluding hydrogens is 310 g/mol. The lowest BCUT2D eigenvalue weighted by molar-refractivity contribution is 0.186. The molecule has 3 N–H and O–H groups in total. The van der Waals surface area contributed by atoms with E-state index in [9.17, 15) is 8.78 Å². The second kappa shape index (κ2) is 7.87. The van der Waals surface area contributed by atoms with E-state index in [2.05, 4.69) is 34.9 Å². The van der Waals surface area contributed by atoms with Crippen LogP contribution < -0.4 is 16.2 Å². The molecule has 2 saturated heterocycles. The van der Waals surface area contributed by atoms with Gasteiger partial charge in [-0.15, -0.1) is 0 Å². The van der Waals surface area contributed by atoms with Crippen molar-refractivity contribution in [1.82, 2.24) is 21.1 Å². The maximum atomic E-state index is 13.3. The molecule has 24 heavy (non-hydrogen) atoms. The summed E-state index contributed by atoms with van der Waals surface area (Å²) in [5, 5.41) is 3.71. The maximum Gasteiger partial charge on any atom is 0.159 e. The Morgan fingerprint density at radius 1 is 1.08 bits per heavy atom. The van der Waals surface area contributed by atoms with E-state index in [4.69, 9.17) is 0 Å². The lowest BCUT2D eigenvalue weighted by Gasteiger charge is -2.33. The van der Waals surface area contributed by atoms with E-state index in [0.29, 0.717) is 30.6 Å². The molecule has 6 heteroatoms. The number of halogens is 2. The van der Waals surface area contributed by atoms with Gasteiger partial charge in [0.1, 0.15) is 0 Å². The first-order valence-corrected chi connectivity index (χ1v) is 8.93. The van der Waals surface area contributed by atoms with Gasteiger partial charge in [0.25, 0.3) is 0 Å². The minimum atomic E-state index is -0.777. The first kappa shape index (κ1) is 17.7. The van der Waals surface area contributed by atoms with E-state index in [-0.39, 0.29) is 0 Å². The Morgan fingerprint density at radius 3 is 2.38 bits per heavy atom. The molecule has 2 atom stereocenters. The monoisotopic (exact) mass is 338 g/mol. The highest BCUT2D eigenvalue weighted by atomic mass is 19.2. The van der Waals surface area contributed by atoms with Crippen LogP contribution in [0.15, 0.2) is 18.2 Å². The molecule has 0 saturated carbocycles. The molecule has 0 spiro atoms. The summed E-state index contributed by atoms with van der Waals surface area (Å²) in [6.07, 6.45) is 2.19. The quantitative estimate of drug-likeness (QED) is 0.768. The lowest BCUT2D eigenvalue weighted by atomic mass is 9.95. The van der Waals surface area contributed by atoms with Gasteiger partial charge in [0.2, 0.25) is 0 Å². The SMILES string of the molecule is CC1NNC(C)C1CNC1CCN(Cc2ccc(F)c(F)c2)CC1. The highest BCUT2D eigenvalue weighted by molar-refractivity contribution is 5.17. The molecule has 4 nitrogen and oxygen atoms in total. The largest absolute Gasteiger partial charge is 0.313 e. The zero-order chi connectivity index (χ0) is 17.1. The topological polar surface area (TPSA) is 39.3 Å². The number of hydrogen-bond donors (Lipinski definition) is 3. The van der Waals surface area contributed by atoms with Crippen LogP contribution in [0.25, 0.3) is 0 Å². The van der Waals surface area contributed by atoms with Crippen molar-refractivity contribution in [2.45, 2.75) is 51.4 Å². The molecule has 0 bridgehead atoms. The Hall–Kier alpha value is -1.08. The van der Waals surface area contributed by atoms with E-state index in [0.717, 1.165) is 38.0 Å². The van der Waals surface area contributed by atoms with Crippen LogP contribution in [0.1, 0.15) is 32.3 Å². The molecule has 3 rings (SSSR count). The van der Waals surface area contributed by atoms with Crippen molar-refractivity contribution in [2.24, 2.45) is 5.92 Å². The second-order valence-corrected chi connectivity index (χ2v) is 7.24. The Bertz CT molecular complexity index is 536. The van der Waals surface area contributed by atoms with Crippen molar-refractivity contribution in [2.75, 3.05) is 19.6 Å². The number of nitrogens with zero attached hydrogens (tertiary/aromatic N) is 1. The normalized spacial score (nSPS) is 29.2. The number of hydrazine groups is 1. The maximum absolute atomic E-state index is 13.3. The van der Waals surface area contributed by atoms with Crippen molar-refractivity contribution >= 4 is 0 Å². The summed E-state index contributed by atoms with van der Waals surface area (Å²) in [4.78, 5) is 2.31. The summed E-state index contributed by atoms with van der Waals surface area (Å²) in [6, 6.07) is 5.72. The molecule has 0 amide bonds. The minimum absolute atomic E-state index is 0.487. The van der Waals surface area contributed by atoms with E-state index in [1.165, 1.54) is 12.1 Å². The molecular formula is C18H28F2N4. The van der Waals surface area contributed by atoms with Crippen molar-refractivity contribution in [3.63, 3.8) is 0 Å². The number of rotatable bonds is 5. The number of piperidine rings is 1.